The quantitative estimate of drug-likeness (QED) is 0.629. The number of amides is 2. The molecule has 0 heterocycles. The van der Waals surface area contributed by atoms with Gasteiger partial charge in [-0.2, -0.15) is 0 Å². The summed E-state index contributed by atoms with van der Waals surface area (Å²) in [6.07, 6.45) is 5.53. The smallest absolute Gasteiger partial charge is 0.234 e. The SMILES string of the molecule is Cc1cccc(C)c1NC(=O)CSc1ccc(NC(=O)C2CCCCC2)cc1. The minimum atomic E-state index is -0.0166. The fourth-order valence-corrected chi connectivity index (χ4v) is 4.28. The summed E-state index contributed by atoms with van der Waals surface area (Å²) in [6, 6.07) is 13.7. The highest BCUT2D eigenvalue weighted by atomic mass is 32.2. The van der Waals surface area contributed by atoms with Gasteiger partial charge in [-0.25, -0.2) is 0 Å². The molecule has 0 saturated heterocycles. The monoisotopic (exact) mass is 396 g/mol. The minimum absolute atomic E-state index is 0.0166. The predicted octanol–water partition coefficient (Wildman–Crippen LogP) is 5.55. The average molecular weight is 397 g/mol. The highest BCUT2D eigenvalue weighted by Gasteiger charge is 2.20. The molecule has 1 saturated carbocycles. The van der Waals surface area contributed by atoms with Crippen LogP contribution in [0.25, 0.3) is 0 Å². The molecule has 3 rings (SSSR count). The number of carbonyl (C=O) groups excluding carboxylic acids is 2. The first-order valence-corrected chi connectivity index (χ1v) is 10.9. The van der Waals surface area contributed by atoms with E-state index in [1.165, 1.54) is 18.2 Å². The van der Waals surface area contributed by atoms with E-state index in [0.717, 1.165) is 53.1 Å². The highest BCUT2D eigenvalue weighted by Crippen LogP contribution is 2.26. The molecular weight excluding hydrogens is 368 g/mol. The predicted molar refractivity (Wildman–Crippen MR) is 117 cm³/mol. The Balaban J connectivity index is 1.48. The van der Waals surface area contributed by atoms with Crippen LogP contribution in [0.1, 0.15) is 43.2 Å². The van der Waals surface area contributed by atoms with Crippen LogP contribution in [0.15, 0.2) is 47.4 Å². The van der Waals surface area contributed by atoms with E-state index in [1.807, 2.05) is 56.3 Å². The number of hydrogen-bond donors (Lipinski definition) is 2. The molecule has 0 aromatic heterocycles. The molecule has 28 heavy (non-hydrogen) atoms. The van der Waals surface area contributed by atoms with Crippen molar-refractivity contribution in [3.63, 3.8) is 0 Å². The van der Waals surface area contributed by atoms with Crippen LogP contribution in [-0.2, 0) is 9.59 Å². The lowest BCUT2D eigenvalue weighted by Crippen LogP contribution is -2.24. The topological polar surface area (TPSA) is 58.2 Å². The van der Waals surface area contributed by atoms with Gasteiger partial charge in [0.2, 0.25) is 11.8 Å². The van der Waals surface area contributed by atoms with E-state index in [9.17, 15) is 9.59 Å². The first-order valence-electron chi connectivity index (χ1n) is 9.93. The molecule has 0 bridgehead atoms. The molecule has 2 N–H and O–H groups in total. The standard InChI is InChI=1S/C23H28N2O2S/c1-16-7-6-8-17(2)22(16)25-21(26)15-28-20-13-11-19(12-14-20)24-23(27)18-9-4-3-5-10-18/h6-8,11-14,18H,3-5,9-10,15H2,1-2H3,(H,24,27)(H,25,26). The summed E-state index contributed by atoms with van der Waals surface area (Å²) in [7, 11) is 0. The normalized spacial score (nSPS) is 14.5. The average Bonchev–Trinajstić information content (AvgIpc) is 2.71. The first-order chi connectivity index (χ1) is 13.5. The summed E-state index contributed by atoms with van der Waals surface area (Å²) in [5.41, 5.74) is 3.85. The van der Waals surface area contributed by atoms with Crippen LogP contribution in [-0.4, -0.2) is 17.6 Å². The maximum absolute atomic E-state index is 12.3. The zero-order valence-electron chi connectivity index (χ0n) is 16.6. The van der Waals surface area contributed by atoms with Crippen molar-refractivity contribution >= 4 is 35.0 Å². The maximum Gasteiger partial charge on any atom is 0.234 e. The van der Waals surface area contributed by atoms with Gasteiger partial charge in [0.1, 0.15) is 0 Å². The van der Waals surface area contributed by atoms with Gasteiger partial charge in [-0.1, -0.05) is 37.5 Å². The molecule has 0 unspecified atom stereocenters. The van der Waals surface area contributed by atoms with E-state index in [-0.39, 0.29) is 17.7 Å². The summed E-state index contributed by atoms with van der Waals surface area (Å²) in [5.74, 6) is 0.614. The second kappa shape index (κ2) is 9.78. The number of thioether (sulfide) groups is 1. The molecule has 1 fully saturated rings. The summed E-state index contributed by atoms with van der Waals surface area (Å²) in [5, 5.41) is 6.03. The van der Waals surface area contributed by atoms with Crippen molar-refractivity contribution in [2.24, 2.45) is 5.92 Å². The molecule has 148 valence electrons. The fourth-order valence-electron chi connectivity index (χ4n) is 3.58. The highest BCUT2D eigenvalue weighted by molar-refractivity contribution is 8.00. The van der Waals surface area contributed by atoms with Crippen LogP contribution in [0.4, 0.5) is 11.4 Å². The second-order valence-electron chi connectivity index (χ2n) is 7.45. The van der Waals surface area contributed by atoms with Crippen molar-refractivity contribution in [1.82, 2.24) is 0 Å². The van der Waals surface area contributed by atoms with Crippen molar-refractivity contribution in [1.29, 1.82) is 0 Å². The third-order valence-electron chi connectivity index (χ3n) is 5.21. The molecule has 1 aliphatic rings. The van der Waals surface area contributed by atoms with Crippen LogP contribution < -0.4 is 10.6 Å². The summed E-state index contributed by atoms with van der Waals surface area (Å²) < 4.78 is 0. The van der Waals surface area contributed by atoms with E-state index < -0.39 is 0 Å². The zero-order valence-corrected chi connectivity index (χ0v) is 17.4. The van der Waals surface area contributed by atoms with E-state index in [0.29, 0.717) is 5.75 Å². The second-order valence-corrected chi connectivity index (χ2v) is 8.50. The van der Waals surface area contributed by atoms with Gasteiger partial charge in [0.25, 0.3) is 0 Å². The maximum atomic E-state index is 12.3. The molecule has 0 radical (unpaired) electrons. The van der Waals surface area contributed by atoms with Gasteiger partial charge >= 0.3 is 0 Å². The van der Waals surface area contributed by atoms with Crippen molar-refractivity contribution in [2.75, 3.05) is 16.4 Å². The summed E-state index contributed by atoms with van der Waals surface area (Å²) in [6.45, 7) is 3.99. The number of hydrogen-bond acceptors (Lipinski definition) is 3. The Morgan fingerprint density at radius 1 is 0.929 bits per heavy atom. The van der Waals surface area contributed by atoms with Gasteiger partial charge in [-0.15, -0.1) is 11.8 Å². The van der Waals surface area contributed by atoms with Crippen molar-refractivity contribution in [2.45, 2.75) is 50.8 Å². The van der Waals surface area contributed by atoms with Crippen LogP contribution in [0.3, 0.4) is 0 Å². The third kappa shape index (κ3) is 5.61. The Morgan fingerprint density at radius 3 is 2.21 bits per heavy atom. The molecule has 4 nitrogen and oxygen atoms in total. The van der Waals surface area contributed by atoms with Gasteiger partial charge in [-0.05, 0) is 62.1 Å². The number of aryl methyl sites for hydroxylation is 2. The third-order valence-corrected chi connectivity index (χ3v) is 6.23. The Bertz CT molecular complexity index is 807. The molecule has 1 aliphatic carbocycles. The summed E-state index contributed by atoms with van der Waals surface area (Å²) >= 11 is 1.49. The summed E-state index contributed by atoms with van der Waals surface area (Å²) in [4.78, 5) is 25.6. The molecule has 2 aromatic rings. The van der Waals surface area contributed by atoms with E-state index in [2.05, 4.69) is 10.6 Å². The Labute approximate surface area is 171 Å². The lowest BCUT2D eigenvalue weighted by atomic mass is 9.88. The molecule has 2 aromatic carbocycles. The number of anilines is 2. The van der Waals surface area contributed by atoms with Gasteiger partial charge in [-0.3, -0.25) is 9.59 Å². The number of benzene rings is 2. The van der Waals surface area contributed by atoms with Gasteiger partial charge < -0.3 is 10.6 Å². The van der Waals surface area contributed by atoms with Crippen LogP contribution in [0.5, 0.6) is 0 Å². The molecular formula is C23H28N2O2S. The lowest BCUT2D eigenvalue weighted by molar-refractivity contribution is -0.120. The molecule has 0 aliphatic heterocycles. The Hall–Kier alpha value is -2.27. The van der Waals surface area contributed by atoms with Gasteiger partial charge in [0, 0.05) is 22.2 Å². The number of para-hydroxylation sites is 1. The molecule has 5 heteroatoms. The van der Waals surface area contributed by atoms with E-state index in [4.69, 9.17) is 0 Å². The largest absolute Gasteiger partial charge is 0.326 e. The first kappa shape index (κ1) is 20.5. The minimum Gasteiger partial charge on any atom is -0.326 e. The van der Waals surface area contributed by atoms with Crippen molar-refractivity contribution in [3.05, 3.63) is 53.6 Å². The van der Waals surface area contributed by atoms with Crippen molar-refractivity contribution < 1.29 is 9.59 Å². The van der Waals surface area contributed by atoms with Gasteiger partial charge in [0.05, 0.1) is 5.75 Å². The van der Waals surface area contributed by atoms with E-state index >= 15 is 0 Å². The Kier molecular flexibility index (Phi) is 7.15. The number of nitrogens with one attached hydrogen (secondary N) is 2. The van der Waals surface area contributed by atoms with E-state index in [1.54, 1.807) is 0 Å². The molecule has 0 spiro atoms. The molecule has 2 amide bonds. The molecule has 0 atom stereocenters. The number of rotatable bonds is 6. The van der Waals surface area contributed by atoms with Crippen LogP contribution in [0, 0.1) is 19.8 Å². The fraction of sp³-hybridized carbons (Fsp3) is 0.391. The number of carbonyl (C=O) groups is 2. The van der Waals surface area contributed by atoms with Gasteiger partial charge in [0.15, 0.2) is 0 Å². The van der Waals surface area contributed by atoms with Crippen LogP contribution in [0.2, 0.25) is 0 Å². The Morgan fingerprint density at radius 2 is 1.57 bits per heavy atom. The van der Waals surface area contributed by atoms with Crippen LogP contribution >= 0.6 is 11.8 Å². The van der Waals surface area contributed by atoms with Crippen molar-refractivity contribution in [3.8, 4) is 0 Å². The lowest BCUT2D eigenvalue weighted by Gasteiger charge is -2.20. The zero-order chi connectivity index (χ0) is 19.9.